The van der Waals surface area contributed by atoms with Gasteiger partial charge < -0.3 is 10.3 Å². The van der Waals surface area contributed by atoms with Gasteiger partial charge in [0.1, 0.15) is 29.0 Å². The summed E-state index contributed by atoms with van der Waals surface area (Å²) in [6.07, 6.45) is 2.90. The van der Waals surface area contributed by atoms with E-state index in [1.165, 1.54) is 0 Å². The molecular weight excluding hydrogens is 248 g/mol. The molecule has 0 aliphatic carbocycles. The molecule has 1 aliphatic rings. The first-order chi connectivity index (χ1) is 9.08. The number of rotatable bonds is 1. The van der Waals surface area contributed by atoms with Crippen LogP contribution in [0.4, 0.5) is 14.6 Å². The number of benzene rings is 1. The Kier molecular flexibility index (Phi) is 2.77. The molecule has 0 spiro atoms. The van der Waals surface area contributed by atoms with Gasteiger partial charge in [0.25, 0.3) is 0 Å². The molecule has 5 heteroatoms. The molecule has 1 aliphatic heterocycles. The van der Waals surface area contributed by atoms with Crippen LogP contribution in [0, 0.1) is 11.6 Å². The summed E-state index contributed by atoms with van der Waals surface area (Å²) >= 11 is 0. The molecule has 2 N–H and O–H groups in total. The minimum absolute atomic E-state index is 0.131. The van der Waals surface area contributed by atoms with Crippen LogP contribution in [0.1, 0.15) is 31.6 Å². The number of aryl methyl sites for hydroxylation is 1. The molecule has 0 fully saturated rings. The van der Waals surface area contributed by atoms with Gasteiger partial charge in [-0.15, -0.1) is 0 Å². The summed E-state index contributed by atoms with van der Waals surface area (Å²) in [4.78, 5) is 4.40. The molecule has 0 amide bonds. The fourth-order valence-corrected chi connectivity index (χ4v) is 2.72. The zero-order valence-electron chi connectivity index (χ0n) is 10.7. The molecule has 1 aromatic carbocycles. The SMILES string of the molecule is CC1CCCc2nc(-c3cc(F)ccc3F)c(N)n21. The first-order valence-electron chi connectivity index (χ1n) is 6.40. The van der Waals surface area contributed by atoms with E-state index in [-0.39, 0.29) is 11.6 Å². The van der Waals surface area contributed by atoms with E-state index in [2.05, 4.69) is 11.9 Å². The number of nitrogens with zero attached hydrogens (tertiary/aromatic N) is 2. The van der Waals surface area contributed by atoms with Gasteiger partial charge in [0.15, 0.2) is 0 Å². The fraction of sp³-hybridized carbons (Fsp3) is 0.357. The molecule has 100 valence electrons. The molecule has 2 heterocycles. The highest BCUT2D eigenvalue weighted by Gasteiger charge is 2.24. The van der Waals surface area contributed by atoms with Gasteiger partial charge in [-0.25, -0.2) is 13.8 Å². The van der Waals surface area contributed by atoms with Crippen LogP contribution in [-0.2, 0) is 6.42 Å². The maximum Gasteiger partial charge on any atom is 0.132 e. The quantitative estimate of drug-likeness (QED) is 0.857. The van der Waals surface area contributed by atoms with Crippen LogP contribution in [0.3, 0.4) is 0 Å². The van der Waals surface area contributed by atoms with E-state index in [1.54, 1.807) is 0 Å². The maximum absolute atomic E-state index is 13.8. The molecule has 0 saturated carbocycles. The summed E-state index contributed by atoms with van der Waals surface area (Å²) in [5.41, 5.74) is 6.56. The van der Waals surface area contributed by atoms with E-state index in [4.69, 9.17) is 5.73 Å². The van der Waals surface area contributed by atoms with Crippen molar-refractivity contribution in [2.45, 2.75) is 32.2 Å². The van der Waals surface area contributed by atoms with E-state index < -0.39 is 11.6 Å². The Morgan fingerprint density at radius 1 is 1.37 bits per heavy atom. The molecule has 0 saturated heterocycles. The first kappa shape index (κ1) is 12.1. The van der Waals surface area contributed by atoms with E-state index >= 15 is 0 Å². The summed E-state index contributed by atoms with van der Waals surface area (Å²) in [5, 5.41) is 0. The number of aromatic nitrogens is 2. The summed E-state index contributed by atoms with van der Waals surface area (Å²) < 4.78 is 29.0. The van der Waals surface area contributed by atoms with Crippen molar-refractivity contribution in [3.8, 4) is 11.3 Å². The maximum atomic E-state index is 13.8. The molecule has 3 rings (SSSR count). The van der Waals surface area contributed by atoms with Gasteiger partial charge >= 0.3 is 0 Å². The molecule has 0 radical (unpaired) electrons. The lowest BCUT2D eigenvalue weighted by atomic mass is 10.1. The minimum atomic E-state index is -0.504. The molecule has 1 unspecified atom stereocenters. The predicted molar refractivity (Wildman–Crippen MR) is 69.6 cm³/mol. The topological polar surface area (TPSA) is 43.8 Å². The largest absolute Gasteiger partial charge is 0.383 e. The second kappa shape index (κ2) is 4.33. The zero-order valence-corrected chi connectivity index (χ0v) is 10.7. The molecular formula is C14H15F2N3. The van der Waals surface area contributed by atoms with Gasteiger partial charge in [-0.1, -0.05) is 0 Å². The highest BCUT2D eigenvalue weighted by atomic mass is 19.1. The Labute approximate surface area is 110 Å². The average Bonchev–Trinajstić information content (AvgIpc) is 2.71. The lowest BCUT2D eigenvalue weighted by Crippen LogP contribution is -2.16. The normalized spacial score (nSPS) is 18.4. The van der Waals surface area contributed by atoms with E-state index in [0.29, 0.717) is 11.5 Å². The smallest absolute Gasteiger partial charge is 0.132 e. The van der Waals surface area contributed by atoms with Crippen molar-refractivity contribution in [3.63, 3.8) is 0 Å². The number of fused-ring (bicyclic) bond motifs is 1. The number of hydrogen-bond donors (Lipinski definition) is 1. The second-order valence-electron chi connectivity index (χ2n) is 5.00. The summed E-state index contributed by atoms with van der Waals surface area (Å²) in [7, 11) is 0. The summed E-state index contributed by atoms with van der Waals surface area (Å²) in [6.45, 7) is 2.06. The third-order valence-electron chi connectivity index (χ3n) is 3.67. The first-order valence-corrected chi connectivity index (χ1v) is 6.40. The van der Waals surface area contributed by atoms with Crippen molar-refractivity contribution in [2.24, 2.45) is 0 Å². The van der Waals surface area contributed by atoms with Crippen molar-refractivity contribution in [1.82, 2.24) is 9.55 Å². The Morgan fingerprint density at radius 2 is 2.16 bits per heavy atom. The van der Waals surface area contributed by atoms with Crippen LogP contribution in [0.5, 0.6) is 0 Å². The van der Waals surface area contributed by atoms with E-state index in [0.717, 1.165) is 43.3 Å². The molecule has 19 heavy (non-hydrogen) atoms. The van der Waals surface area contributed by atoms with Crippen LogP contribution in [0.25, 0.3) is 11.3 Å². The van der Waals surface area contributed by atoms with E-state index in [1.807, 2.05) is 4.57 Å². The van der Waals surface area contributed by atoms with Crippen molar-refractivity contribution < 1.29 is 8.78 Å². The second-order valence-corrected chi connectivity index (χ2v) is 5.00. The van der Waals surface area contributed by atoms with Crippen LogP contribution < -0.4 is 5.73 Å². The Balaban J connectivity index is 2.19. The Hall–Kier alpha value is -1.91. The third kappa shape index (κ3) is 1.89. The van der Waals surface area contributed by atoms with Gasteiger partial charge in [0, 0.05) is 18.0 Å². The van der Waals surface area contributed by atoms with Crippen LogP contribution in [0.15, 0.2) is 18.2 Å². The monoisotopic (exact) mass is 263 g/mol. The minimum Gasteiger partial charge on any atom is -0.383 e. The van der Waals surface area contributed by atoms with Crippen molar-refractivity contribution in [1.29, 1.82) is 0 Å². The number of imidazole rings is 1. The van der Waals surface area contributed by atoms with Crippen molar-refractivity contribution in [2.75, 3.05) is 5.73 Å². The van der Waals surface area contributed by atoms with E-state index in [9.17, 15) is 8.78 Å². The zero-order chi connectivity index (χ0) is 13.6. The number of nitrogens with two attached hydrogens (primary N) is 1. The van der Waals surface area contributed by atoms with Gasteiger partial charge in [-0.05, 0) is 38.0 Å². The predicted octanol–water partition coefficient (Wildman–Crippen LogP) is 3.31. The standard InChI is InChI=1S/C14H15F2N3/c1-8-3-2-4-12-18-13(14(17)19(8)12)10-7-9(15)5-6-11(10)16/h5-8H,2-4,17H2,1H3. The summed E-state index contributed by atoms with van der Waals surface area (Å²) in [6, 6.07) is 3.59. The van der Waals surface area contributed by atoms with Gasteiger partial charge in [-0.3, -0.25) is 0 Å². The molecule has 1 atom stereocenters. The van der Waals surface area contributed by atoms with Crippen LogP contribution in [-0.4, -0.2) is 9.55 Å². The Bertz CT molecular complexity index is 634. The number of hydrogen-bond acceptors (Lipinski definition) is 2. The van der Waals surface area contributed by atoms with Crippen molar-refractivity contribution in [3.05, 3.63) is 35.7 Å². The molecule has 2 aromatic rings. The Morgan fingerprint density at radius 3 is 2.89 bits per heavy atom. The lowest BCUT2D eigenvalue weighted by Gasteiger charge is -2.22. The van der Waals surface area contributed by atoms with Gasteiger partial charge in [0.05, 0.1) is 0 Å². The molecule has 0 bridgehead atoms. The molecule has 3 nitrogen and oxygen atoms in total. The lowest BCUT2D eigenvalue weighted by molar-refractivity contribution is 0.430. The molecule has 1 aromatic heterocycles. The average molecular weight is 263 g/mol. The van der Waals surface area contributed by atoms with Crippen LogP contribution >= 0.6 is 0 Å². The third-order valence-corrected chi connectivity index (χ3v) is 3.67. The highest BCUT2D eigenvalue weighted by molar-refractivity contribution is 5.71. The summed E-state index contributed by atoms with van der Waals surface area (Å²) in [5.74, 6) is 0.285. The number of nitrogen functional groups attached to an aromatic ring is 1. The fourth-order valence-electron chi connectivity index (χ4n) is 2.72. The van der Waals surface area contributed by atoms with Crippen LogP contribution in [0.2, 0.25) is 0 Å². The van der Waals surface area contributed by atoms with Gasteiger partial charge in [-0.2, -0.15) is 0 Å². The number of halogens is 2. The number of anilines is 1. The van der Waals surface area contributed by atoms with Crippen molar-refractivity contribution >= 4 is 5.82 Å². The highest BCUT2D eigenvalue weighted by Crippen LogP contribution is 2.35. The van der Waals surface area contributed by atoms with Gasteiger partial charge in [0.2, 0.25) is 0 Å².